The molecule has 0 amide bonds. The predicted molar refractivity (Wildman–Crippen MR) is 187 cm³/mol. The van der Waals surface area contributed by atoms with E-state index in [1.54, 1.807) is 0 Å². The summed E-state index contributed by atoms with van der Waals surface area (Å²) in [5.74, 6) is -0.0880. The van der Waals surface area contributed by atoms with Gasteiger partial charge in [-0.25, -0.2) is 4.79 Å². The fourth-order valence-corrected chi connectivity index (χ4v) is 6.88. The van der Waals surface area contributed by atoms with Crippen LogP contribution in [0.1, 0.15) is 52.3 Å². The van der Waals surface area contributed by atoms with Crippen molar-refractivity contribution in [2.45, 2.75) is 52.0 Å². The number of nitrogens with two attached hydrogens (primary N) is 1. The number of carboxylic acid groups (broad SMARTS) is 1. The molecule has 0 saturated heterocycles. The summed E-state index contributed by atoms with van der Waals surface area (Å²) in [5.41, 5.74) is 13.3. The van der Waals surface area contributed by atoms with Crippen LogP contribution < -0.4 is 10.5 Å². The third kappa shape index (κ3) is 6.26. The van der Waals surface area contributed by atoms with E-state index in [0.717, 1.165) is 73.9 Å². The fraction of sp³-hybridized carbons (Fsp3) is 0.282. The third-order valence-corrected chi connectivity index (χ3v) is 9.12. The van der Waals surface area contributed by atoms with Crippen molar-refractivity contribution in [3.8, 4) is 16.9 Å². The number of carboxylic acids is 1. The van der Waals surface area contributed by atoms with Gasteiger partial charge in [0.25, 0.3) is 0 Å². The van der Waals surface area contributed by atoms with E-state index in [-0.39, 0.29) is 6.61 Å². The van der Waals surface area contributed by atoms with Gasteiger partial charge in [-0.2, -0.15) is 5.10 Å². The van der Waals surface area contributed by atoms with Crippen molar-refractivity contribution < 1.29 is 24.1 Å². The van der Waals surface area contributed by atoms with E-state index < -0.39 is 5.97 Å². The number of aromatic nitrogens is 3. The van der Waals surface area contributed by atoms with E-state index in [2.05, 4.69) is 24.3 Å². The Balaban J connectivity index is 1.24. The summed E-state index contributed by atoms with van der Waals surface area (Å²) < 4.78 is 22.4. The van der Waals surface area contributed by atoms with Crippen molar-refractivity contribution in [3.63, 3.8) is 0 Å². The molecule has 4 aromatic carbocycles. The molecular formula is C39H40N4O5. The number of fused-ring (bicyclic) bond motifs is 3. The lowest BCUT2D eigenvalue weighted by Gasteiger charge is -2.13. The minimum Gasteiger partial charge on any atom is -0.493 e. The first-order valence-corrected chi connectivity index (χ1v) is 16.5. The Morgan fingerprint density at radius 1 is 0.958 bits per heavy atom. The molecule has 0 bridgehead atoms. The third-order valence-electron chi connectivity index (χ3n) is 9.12. The van der Waals surface area contributed by atoms with Crippen molar-refractivity contribution in [2.24, 2.45) is 7.05 Å². The second-order valence-corrected chi connectivity index (χ2v) is 12.3. The molecular weight excluding hydrogens is 604 g/mol. The van der Waals surface area contributed by atoms with Gasteiger partial charge in [-0.15, -0.1) is 0 Å². The first-order valence-electron chi connectivity index (χ1n) is 16.5. The highest BCUT2D eigenvalue weighted by molar-refractivity contribution is 6.04. The average Bonchev–Trinajstić information content (AvgIpc) is 3.57. The Bertz CT molecular complexity index is 2070. The number of ether oxygens (including phenoxy) is 3. The first-order chi connectivity index (χ1) is 23.5. The molecule has 9 nitrogen and oxygen atoms in total. The van der Waals surface area contributed by atoms with Crippen LogP contribution >= 0.6 is 0 Å². The SMILES string of the molecule is Cn1nc(COCc2ccc(N)cc2)c2c1COCCCCn1c(C(=O)O)c(CCCOc3cccc4ccccc34)c3cccc-2c31. The van der Waals surface area contributed by atoms with Gasteiger partial charge in [0.2, 0.25) is 0 Å². The smallest absolute Gasteiger partial charge is 0.352 e. The van der Waals surface area contributed by atoms with Gasteiger partial charge in [-0.3, -0.25) is 4.68 Å². The maximum atomic E-state index is 13.0. The van der Waals surface area contributed by atoms with Crippen LogP contribution in [0.3, 0.4) is 0 Å². The van der Waals surface area contributed by atoms with Gasteiger partial charge in [-0.05, 0) is 60.4 Å². The zero-order valence-electron chi connectivity index (χ0n) is 27.2. The zero-order chi connectivity index (χ0) is 33.0. The van der Waals surface area contributed by atoms with Crippen molar-refractivity contribution in [1.29, 1.82) is 0 Å². The van der Waals surface area contributed by atoms with E-state index >= 15 is 0 Å². The predicted octanol–water partition coefficient (Wildman–Crippen LogP) is 7.51. The summed E-state index contributed by atoms with van der Waals surface area (Å²) >= 11 is 0. The molecule has 9 heteroatoms. The summed E-state index contributed by atoms with van der Waals surface area (Å²) in [6, 6.07) is 28.0. The van der Waals surface area contributed by atoms with Crippen molar-refractivity contribution in [1.82, 2.24) is 14.3 Å². The van der Waals surface area contributed by atoms with E-state index in [9.17, 15) is 9.90 Å². The lowest BCUT2D eigenvalue weighted by Crippen LogP contribution is -2.12. The van der Waals surface area contributed by atoms with Crippen LogP contribution in [0.4, 0.5) is 5.69 Å². The zero-order valence-corrected chi connectivity index (χ0v) is 27.2. The Morgan fingerprint density at radius 3 is 2.60 bits per heavy atom. The van der Waals surface area contributed by atoms with E-state index in [1.165, 1.54) is 0 Å². The maximum Gasteiger partial charge on any atom is 0.352 e. The number of carbonyl (C=O) groups is 1. The molecule has 1 aliphatic heterocycles. The van der Waals surface area contributed by atoms with Gasteiger partial charge in [0.15, 0.2) is 0 Å². The number of hydrogen-bond acceptors (Lipinski definition) is 6. The van der Waals surface area contributed by atoms with E-state index in [0.29, 0.717) is 57.2 Å². The quantitative estimate of drug-likeness (QED) is 0.117. The van der Waals surface area contributed by atoms with Gasteiger partial charge in [0, 0.05) is 47.8 Å². The molecule has 1 aliphatic rings. The Labute approximate surface area is 279 Å². The fourth-order valence-electron chi connectivity index (χ4n) is 6.88. The van der Waals surface area contributed by atoms with Crippen LogP contribution in [-0.4, -0.2) is 38.6 Å². The lowest BCUT2D eigenvalue weighted by atomic mass is 9.98. The summed E-state index contributed by atoms with van der Waals surface area (Å²) in [7, 11) is 1.93. The minimum absolute atomic E-state index is 0.287. The number of aromatic carboxylic acids is 1. The molecule has 0 unspecified atom stereocenters. The van der Waals surface area contributed by atoms with E-state index in [4.69, 9.17) is 25.0 Å². The number of rotatable bonds is 10. The van der Waals surface area contributed by atoms with Crippen LogP contribution in [0, 0.1) is 0 Å². The number of aryl methyl sites for hydroxylation is 3. The molecule has 0 aliphatic carbocycles. The highest BCUT2D eigenvalue weighted by Crippen LogP contribution is 2.39. The van der Waals surface area contributed by atoms with Gasteiger partial charge in [0.1, 0.15) is 11.4 Å². The standard InChI is InChI=1S/C39H40N4O5/c1-42-34-25-46-21-5-4-20-43-37-30(12-7-13-32(37)36(34)33(41-42)24-47-23-26-16-18-28(40)19-17-26)31(38(43)39(44)45)14-8-22-48-35-15-6-10-27-9-2-3-11-29(27)35/h2-3,6-7,9-13,15-19H,4-5,8,14,20-25,40H2,1H3,(H,44,45). The largest absolute Gasteiger partial charge is 0.493 e. The summed E-state index contributed by atoms with van der Waals surface area (Å²) in [6.45, 7) is 2.72. The monoisotopic (exact) mass is 644 g/mol. The molecule has 0 spiro atoms. The number of para-hydroxylation sites is 1. The highest BCUT2D eigenvalue weighted by atomic mass is 16.5. The van der Waals surface area contributed by atoms with Gasteiger partial charge >= 0.3 is 5.97 Å². The molecule has 3 heterocycles. The van der Waals surface area contributed by atoms with Crippen molar-refractivity contribution in [3.05, 3.63) is 113 Å². The van der Waals surface area contributed by atoms with E-state index in [1.807, 2.05) is 77.0 Å². The Kier molecular flexibility index (Phi) is 9.14. The van der Waals surface area contributed by atoms with Gasteiger partial charge in [-0.1, -0.05) is 66.7 Å². The van der Waals surface area contributed by atoms with Gasteiger partial charge < -0.3 is 29.6 Å². The van der Waals surface area contributed by atoms with Crippen molar-refractivity contribution in [2.75, 3.05) is 18.9 Å². The number of hydrogen-bond donors (Lipinski definition) is 2. The number of benzene rings is 4. The van der Waals surface area contributed by atoms with Crippen LogP contribution in [0.15, 0.2) is 84.9 Å². The van der Waals surface area contributed by atoms with Crippen LogP contribution in [0.25, 0.3) is 32.8 Å². The van der Waals surface area contributed by atoms with Crippen LogP contribution in [0.2, 0.25) is 0 Å². The van der Waals surface area contributed by atoms with Crippen LogP contribution in [0.5, 0.6) is 5.75 Å². The number of anilines is 1. The molecule has 0 fully saturated rings. The molecule has 7 rings (SSSR count). The molecule has 48 heavy (non-hydrogen) atoms. The van der Waals surface area contributed by atoms with Gasteiger partial charge in [0.05, 0.1) is 43.3 Å². The summed E-state index contributed by atoms with van der Waals surface area (Å²) in [5, 5.41) is 18.7. The number of nitrogen functional groups attached to an aromatic ring is 1. The average molecular weight is 645 g/mol. The molecule has 246 valence electrons. The first kappa shape index (κ1) is 31.5. The summed E-state index contributed by atoms with van der Waals surface area (Å²) in [4.78, 5) is 13.0. The minimum atomic E-state index is -0.924. The molecule has 2 aromatic heterocycles. The second kappa shape index (κ2) is 13.9. The Morgan fingerprint density at radius 2 is 1.75 bits per heavy atom. The van der Waals surface area contributed by atoms with Crippen LogP contribution in [-0.2, 0) is 49.3 Å². The molecule has 0 atom stereocenters. The molecule has 0 radical (unpaired) electrons. The molecule has 6 aromatic rings. The topological polar surface area (TPSA) is 114 Å². The molecule has 0 saturated carbocycles. The Hall–Kier alpha value is -5.12. The summed E-state index contributed by atoms with van der Waals surface area (Å²) in [6.07, 6.45) is 2.86. The highest BCUT2D eigenvalue weighted by Gasteiger charge is 2.28. The van der Waals surface area contributed by atoms with Crippen molar-refractivity contribution >= 4 is 33.3 Å². The number of nitrogens with zero attached hydrogens (tertiary/aromatic N) is 3. The normalized spacial score (nSPS) is 13.4. The molecule has 3 N–H and O–H groups in total. The maximum absolute atomic E-state index is 13.0. The lowest BCUT2D eigenvalue weighted by molar-refractivity contribution is 0.0683. The second-order valence-electron chi connectivity index (χ2n) is 12.3.